The highest BCUT2D eigenvalue weighted by Crippen LogP contribution is 2.30. The number of primary amides is 1. The molecule has 0 unspecified atom stereocenters. The minimum absolute atomic E-state index is 0.0612. The van der Waals surface area contributed by atoms with Gasteiger partial charge >= 0.3 is 6.03 Å². The number of benzene rings is 1. The van der Waals surface area contributed by atoms with E-state index >= 15 is 0 Å². The lowest BCUT2D eigenvalue weighted by atomic mass is 10.1. The minimum atomic E-state index is -0.903. The number of carbonyl (C=O) groups is 2. The summed E-state index contributed by atoms with van der Waals surface area (Å²) in [5.74, 6) is -0.959. The lowest BCUT2D eigenvalue weighted by Gasteiger charge is -2.18. The molecule has 1 aromatic carbocycles. The van der Waals surface area contributed by atoms with Gasteiger partial charge in [0.05, 0.1) is 5.25 Å². The van der Waals surface area contributed by atoms with E-state index in [2.05, 4.69) is 0 Å². The molecule has 0 aromatic heterocycles. The zero-order valence-electron chi connectivity index (χ0n) is 10.1. The first-order valence-electron chi connectivity index (χ1n) is 5.43. The molecule has 0 saturated heterocycles. The van der Waals surface area contributed by atoms with Crippen molar-refractivity contribution in [1.82, 2.24) is 5.32 Å². The van der Waals surface area contributed by atoms with Crippen LogP contribution < -0.4 is 11.1 Å². The fraction of sp³-hybridized carbons (Fsp3) is 0.333. The Hall–Kier alpha value is -1.56. The molecule has 1 rings (SSSR count). The summed E-state index contributed by atoms with van der Waals surface area (Å²) >= 11 is 1.08. The average molecular weight is 270 g/mol. The molecule has 0 aliphatic carbocycles. The highest BCUT2D eigenvalue weighted by Gasteiger charge is 2.25. The van der Waals surface area contributed by atoms with Gasteiger partial charge in [0.2, 0.25) is 5.91 Å². The third kappa shape index (κ3) is 4.03. The van der Waals surface area contributed by atoms with Gasteiger partial charge in [-0.25, -0.2) is 9.18 Å². The van der Waals surface area contributed by atoms with Crippen molar-refractivity contribution in [3.63, 3.8) is 0 Å². The van der Waals surface area contributed by atoms with Crippen LogP contribution in [0.3, 0.4) is 0 Å². The van der Waals surface area contributed by atoms with E-state index in [0.717, 1.165) is 11.8 Å². The molecule has 6 heteroatoms. The lowest BCUT2D eigenvalue weighted by Crippen LogP contribution is -2.42. The van der Waals surface area contributed by atoms with E-state index in [9.17, 15) is 14.0 Å². The van der Waals surface area contributed by atoms with Crippen molar-refractivity contribution in [2.75, 3.05) is 0 Å². The third-order valence-electron chi connectivity index (χ3n) is 2.20. The summed E-state index contributed by atoms with van der Waals surface area (Å²) in [6, 6.07) is 5.28. The van der Waals surface area contributed by atoms with Crippen molar-refractivity contribution < 1.29 is 14.0 Å². The van der Waals surface area contributed by atoms with E-state index in [1.807, 2.05) is 19.2 Å². The van der Waals surface area contributed by atoms with Gasteiger partial charge in [0.1, 0.15) is 5.82 Å². The summed E-state index contributed by atoms with van der Waals surface area (Å²) < 4.78 is 13.5. The van der Waals surface area contributed by atoms with Crippen LogP contribution in [0.2, 0.25) is 0 Å². The topological polar surface area (TPSA) is 72.2 Å². The maximum Gasteiger partial charge on any atom is 0.318 e. The first-order valence-corrected chi connectivity index (χ1v) is 6.31. The summed E-state index contributed by atoms with van der Waals surface area (Å²) in [6.45, 7) is 3.64. The highest BCUT2D eigenvalue weighted by molar-refractivity contribution is 8.00. The van der Waals surface area contributed by atoms with Gasteiger partial charge in [0, 0.05) is 4.90 Å². The van der Waals surface area contributed by atoms with Gasteiger partial charge in [0.25, 0.3) is 0 Å². The molecular formula is C12H15FN2O2S. The molecule has 18 heavy (non-hydrogen) atoms. The standard InChI is InChI=1S/C12H15FN2O2S/c1-7(2)10(11(16)15-12(14)17)18-9-6-4-3-5-8(9)13/h3-7,10H,1-2H3,(H3,14,15,16,17)/t10-/m0/s1. The quantitative estimate of drug-likeness (QED) is 0.823. The number of rotatable bonds is 4. The fourth-order valence-electron chi connectivity index (χ4n) is 1.36. The Morgan fingerprint density at radius 1 is 1.33 bits per heavy atom. The van der Waals surface area contributed by atoms with Crippen molar-refractivity contribution in [3.05, 3.63) is 30.1 Å². The van der Waals surface area contributed by atoms with Crippen molar-refractivity contribution in [2.45, 2.75) is 24.0 Å². The smallest absolute Gasteiger partial charge is 0.318 e. The SMILES string of the molecule is CC(C)[C@H](Sc1ccccc1F)C(=O)NC(N)=O. The predicted molar refractivity (Wildman–Crippen MR) is 68.6 cm³/mol. The molecule has 0 saturated carbocycles. The first-order chi connectivity index (χ1) is 8.41. The highest BCUT2D eigenvalue weighted by atomic mass is 32.2. The number of hydrogen-bond acceptors (Lipinski definition) is 3. The largest absolute Gasteiger partial charge is 0.351 e. The molecule has 0 fully saturated rings. The molecule has 4 nitrogen and oxygen atoms in total. The monoisotopic (exact) mass is 270 g/mol. The molecule has 1 atom stereocenters. The first kappa shape index (κ1) is 14.5. The molecule has 0 heterocycles. The van der Waals surface area contributed by atoms with Gasteiger partial charge in [-0.05, 0) is 18.1 Å². The molecule has 0 aliphatic rings. The second-order valence-corrected chi connectivity index (χ2v) is 5.25. The van der Waals surface area contributed by atoms with Crippen LogP contribution in [0.4, 0.5) is 9.18 Å². The van der Waals surface area contributed by atoms with Gasteiger partial charge in [-0.15, -0.1) is 11.8 Å². The summed E-state index contributed by atoms with van der Waals surface area (Å²) in [4.78, 5) is 22.8. The molecule has 3 amide bonds. The molecule has 0 spiro atoms. The number of nitrogens with one attached hydrogen (secondary N) is 1. The van der Waals surface area contributed by atoms with Gasteiger partial charge in [-0.2, -0.15) is 0 Å². The Morgan fingerprint density at radius 3 is 2.44 bits per heavy atom. The van der Waals surface area contributed by atoms with Crippen LogP contribution in [-0.2, 0) is 4.79 Å². The Balaban J connectivity index is 2.84. The van der Waals surface area contributed by atoms with Gasteiger partial charge in [-0.3, -0.25) is 10.1 Å². The number of amides is 3. The fourth-order valence-corrected chi connectivity index (χ4v) is 2.41. The molecule has 0 bridgehead atoms. The number of carbonyl (C=O) groups excluding carboxylic acids is 2. The number of halogens is 1. The van der Waals surface area contributed by atoms with E-state index < -0.39 is 17.2 Å². The van der Waals surface area contributed by atoms with Crippen molar-refractivity contribution >= 4 is 23.7 Å². The maximum absolute atomic E-state index is 13.5. The van der Waals surface area contributed by atoms with Gasteiger partial charge < -0.3 is 5.73 Å². The normalized spacial score (nSPS) is 12.2. The molecule has 98 valence electrons. The average Bonchev–Trinajstić information content (AvgIpc) is 2.26. The van der Waals surface area contributed by atoms with Crippen LogP contribution in [0.25, 0.3) is 0 Å². The van der Waals surface area contributed by atoms with Crippen molar-refractivity contribution in [3.8, 4) is 0 Å². The minimum Gasteiger partial charge on any atom is -0.351 e. The summed E-state index contributed by atoms with van der Waals surface area (Å²) in [5.41, 5.74) is 4.90. The molecule has 0 aliphatic heterocycles. The van der Waals surface area contributed by atoms with E-state index in [-0.39, 0.29) is 11.7 Å². The number of urea groups is 1. The number of imide groups is 1. The van der Waals surface area contributed by atoms with Crippen LogP contribution in [0.5, 0.6) is 0 Å². The van der Waals surface area contributed by atoms with Gasteiger partial charge in [0.15, 0.2) is 0 Å². The molecule has 1 aromatic rings. The van der Waals surface area contributed by atoms with Crippen molar-refractivity contribution in [1.29, 1.82) is 0 Å². The zero-order valence-corrected chi connectivity index (χ0v) is 11.0. The van der Waals surface area contributed by atoms with Crippen LogP contribution in [0.1, 0.15) is 13.8 Å². The molecule has 0 radical (unpaired) electrons. The van der Waals surface area contributed by atoms with E-state index in [1.165, 1.54) is 6.07 Å². The maximum atomic E-state index is 13.5. The number of nitrogens with two attached hydrogens (primary N) is 1. The van der Waals surface area contributed by atoms with Crippen LogP contribution in [0, 0.1) is 11.7 Å². The third-order valence-corrected chi connectivity index (χ3v) is 3.80. The van der Waals surface area contributed by atoms with E-state index in [1.54, 1.807) is 18.2 Å². The second kappa shape index (κ2) is 6.39. The van der Waals surface area contributed by atoms with Crippen LogP contribution in [0.15, 0.2) is 29.2 Å². The second-order valence-electron chi connectivity index (χ2n) is 4.07. The number of thioether (sulfide) groups is 1. The Kier molecular flexibility index (Phi) is 5.15. The van der Waals surface area contributed by atoms with E-state index in [4.69, 9.17) is 5.73 Å². The lowest BCUT2D eigenvalue weighted by molar-refractivity contribution is -0.120. The Bertz CT molecular complexity index is 451. The van der Waals surface area contributed by atoms with E-state index in [0.29, 0.717) is 4.90 Å². The zero-order chi connectivity index (χ0) is 13.7. The summed E-state index contributed by atoms with van der Waals surface area (Å²) in [6.07, 6.45) is 0. The Morgan fingerprint density at radius 2 is 1.94 bits per heavy atom. The molecular weight excluding hydrogens is 255 g/mol. The molecule has 3 N–H and O–H groups in total. The summed E-state index contributed by atoms with van der Waals surface area (Å²) in [7, 11) is 0. The Labute approximate surface area is 109 Å². The summed E-state index contributed by atoms with van der Waals surface area (Å²) in [5, 5.41) is 1.45. The van der Waals surface area contributed by atoms with Gasteiger partial charge in [-0.1, -0.05) is 26.0 Å². The number of hydrogen-bond donors (Lipinski definition) is 2. The predicted octanol–water partition coefficient (Wildman–Crippen LogP) is 2.14. The van der Waals surface area contributed by atoms with Crippen molar-refractivity contribution in [2.24, 2.45) is 11.7 Å². The van der Waals surface area contributed by atoms with Crippen LogP contribution in [-0.4, -0.2) is 17.2 Å². The van der Waals surface area contributed by atoms with Crippen LogP contribution >= 0.6 is 11.8 Å².